The number of hydrogen-bond donors (Lipinski definition) is 1. The number of amides is 1. The van der Waals surface area contributed by atoms with Gasteiger partial charge in [0.2, 0.25) is 0 Å². The van der Waals surface area contributed by atoms with Gasteiger partial charge in [-0.1, -0.05) is 30.3 Å². The van der Waals surface area contributed by atoms with E-state index in [4.69, 9.17) is 37.9 Å². The van der Waals surface area contributed by atoms with Crippen molar-refractivity contribution in [2.24, 2.45) is 0 Å². The topological polar surface area (TPSA) is 188 Å². The summed E-state index contributed by atoms with van der Waals surface area (Å²) in [7, 11) is 1.07. The molecule has 1 heterocycles. The quantitative estimate of drug-likeness (QED) is 0.248. The molecule has 238 valence electrons. The highest BCUT2D eigenvalue weighted by Gasteiger charge is 2.59. The van der Waals surface area contributed by atoms with Gasteiger partial charge in [-0.3, -0.25) is 19.2 Å². The van der Waals surface area contributed by atoms with Crippen LogP contribution in [0.3, 0.4) is 0 Å². The standard InChI is InChI=1S/C28H37NO14/c1-7-37-27(35)29-23-21(40-17(3)31)13-28(26(34)36-6,39-14-20-11-9-8-10-12-20)43-25(23)24(42-19(5)33)22(41-18(4)32)15-38-16(2)30/h8-12,21-25H,7,13-15H2,1-6H3,(H,29,35)/t21-,22+,23+,24+,25+,28+/m0/s1. The summed E-state index contributed by atoms with van der Waals surface area (Å²) in [5.74, 6) is -6.65. The second kappa shape index (κ2) is 16.4. The van der Waals surface area contributed by atoms with E-state index in [1.54, 1.807) is 37.3 Å². The van der Waals surface area contributed by atoms with E-state index in [0.29, 0.717) is 5.56 Å². The van der Waals surface area contributed by atoms with Crippen molar-refractivity contribution in [3.8, 4) is 0 Å². The Balaban J connectivity index is 2.74. The highest BCUT2D eigenvalue weighted by molar-refractivity contribution is 5.78. The van der Waals surface area contributed by atoms with Gasteiger partial charge >= 0.3 is 35.9 Å². The monoisotopic (exact) mass is 611 g/mol. The van der Waals surface area contributed by atoms with Gasteiger partial charge in [-0.15, -0.1) is 0 Å². The lowest BCUT2D eigenvalue weighted by atomic mass is 9.88. The van der Waals surface area contributed by atoms with E-state index in [9.17, 15) is 28.8 Å². The van der Waals surface area contributed by atoms with E-state index >= 15 is 0 Å². The molecule has 0 aliphatic carbocycles. The van der Waals surface area contributed by atoms with Crippen LogP contribution in [0, 0.1) is 0 Å². The first-order valence-corrected chi connectivity index (χ1v) is 13.3. The predicted octanol–water partition coefficient (Wildman–Crippen LogP) is 1.33. The zero-order valence-corrected chi connectivity index (χ0v) is 24.8. The molecule has 2 rings (SSSR count). The van der Waals surface area contributed by atoms with Gasteiger partial charge in [0.25, 0.3) is 5.79 Å². The third kappa shape index (κ3) is 10.5. The third-order valence-corrected chi connectivity index (χ3v) is 6.00. The molecule has 15 nitrogen and oxygen atoms in total. The van der Waals surface area contributed by atoms with E-state index < -0.39 is 85.2 Å². The Morgan fingerprint density at radius 2 is 1.58 bits per heavy atom. The fourth-order valence-electron chi connectivity index (χ4n) is 4.40. The average Bonchev–Trinajstić information content (AvgIpc) is 2.93. The smallest absolute Gasteiger partial charge is 0.407 e. The van der Waals surface area contributed by atoms with Gasteiger partial charge in [-0.2, -0.15) is 0 Å². The van der Waals surface area contributed by atoms with Crippen LogP contribution in [0.1, 0.15) is 46.6 Å². The molecule has 1 fully saturated rings. The Labute approximate surface area is 248 Å². The van der Waals surface area contributed by atoms with Crippen LogP contribution in [0.15, 0.2) is 30.3 Å². The van der Waals surface area contributed by atoms with Crippen LogP contribution in [-0.4, -0.2) is 92.5 Å². The van der Waals surface area contributed by atoms with Gasteiger partial charge in [-0.05, 0) is 12.5 Å². The molecule has 1 aromatic carbocycles. The van der Waals surface area contributed by atoms with Gasteiger partial charge in [0.1, 0.15) is 18.8 Å². The van der Waals surface area contributed by atoms with Gasteiger partial charge in [0, 0.05) is 27.7 Å². The van der Waals surface area contributed by atoms with Crippen molar-refractivity contribution in [2.45, 2.75) is 83.9 Å². The molecule has 0 unspecified atom stereocenters. The number of alkyl carbamates (subject to hydrolysis) is 1. The van der Waals surface area contributed by atoms with Gasteiger partial charge in [0.15, 0.2) is 12.2 Å². The van der Waals surface area contributed by atoms with Crippen LogP contribution in [0.2, 0.25) is 0 Å². The maximum Gasteiger partial charge on any atom is 0.407 e. The van der Waals surface area contributed by atoms with Crippen molar-refractivity contribution < 1.29 is 66.7 Å². The number of benzene rings is 1. The minimum Gasteiger partial charge on any atom is -0.465 e. The summed E-state index contributed by atoms with van der Waals surface area (Å²) in [6.45, 7) is 5.01. The highest BCUT2D eigenvalue weighted by Crippen LogP contribution is 2.37. The molecule has 1 aliphatic rings. The molecule has 1 aliphatic heterocycles. The molecule has 1 amide bonds. The van der Waals surface area contributed by atoms with Gasteiger partial charge in [0.05, 0.1) is 32.8 Å². The number of ether oxygens (including phenoxy) is 8. The summed E-state index contributed by atoms with van der Waals surface area (Å²) in [5, 5.41) is 2.51. The Morgan fingerprint density at radius 3 is 2.12 bits per heavy atom. The predicted molar refractivity (Wildman–Crippen MR) is 143 cm³/mol. The Kier molecular flexibility index (Phi) is 13.3. The largest absolute Gasteiger partial charge is 0.465 e. The first-order valence-electron chi connectivity index (χ1n) is 13.3. The van der Waals surface area contributed by atoms with E-state index in [1.165, 1.54) is 0 Å². The number of nitrogens with one attached hydrogen (secondary N) is 1. The zero-order valence-electron chi connectivity index (χ0n) is 24.8. The highest BCUT2D eigenvalue weighted by atomic mass is 16.7. The van der Waals surface area contributed by atoms with Crippen LogP contribution < -0.4 is 5.32 Å². The number of methoxy groups -OCH3 is 1. The van der Waals surface area contributed by atoms with E-state index in [0.717, 1.165) is 34.8 Å². The SMILES string of the molecule is CCOC(=O)N[C@H]1[C@H]([C@H](OC(C)=O)[C@@H](COC(C)=O)OC(C)=O)O[C@@](OCc2ccccc2)(C(=O)OC)C[C@@H]1OC(C)=O. The van der Waals surface area contributed by atoms with E-state index in [2.05, 4.69) is 5.32 Å². The van der Waals surface area contributed by atoms with Crippen molar-refractivity contribution in [3.63, 3.8) is 0 Å². The lowest BCUT2D eigenvalue weighted by molar-refractivity contribution is -0.317. The minimum atomic E-state index is -2.30. The lowest BCUT2D eigenvalue weighted by Crippen LogP contribution is -2.69. The maximum atomic E-state index is 13.3. The van der Waals surface area contributed by atoms with Crippen LogP contribution in [0.25, 0.3) is 0 Å². The number of hydrogen-bond acceptors (Lipinski definition) is 14. The number of esters is 5. The molecule has 0 aromatic heterocycles. The lowest BCUT2D eigenvalue weighted by Gasteiger charge is -2.48. The number of carbonyl (C=O) groups excluding carboxylic acids is 6. The molecule has 0 radical (unpaired) electrons. The minimum absolute atomic E-state index is 0.0372. The van der Waals surface area contributed by atoms with Crippen molar-refractivity contribution in [1.82, 2.24) is 5.32 Å². The summed E-state index contributed by atoms with van der Waals surface area (Å²) >= 11 is 0. The molecule has 1 N–H and O–H groups in total. The molecule has 0 spiro atoms. The van der Waals surface area contributed by atoms with Crippen LogP contribution in [0.4, 0.5) is 4.79 Å². The van der Waals surface area contributed by atoms with Gasteiger partial charge < -0.3 is 43.2 Å². The summed E-state index contributed by atoms with van der Waals surface area (Å²) in [6.07, 6.45) is -7.69. The number of carbonyl (C=O) groups is 6. The summed E-state index contributed by atoms with van der Waals surface area (Å²) in [5.41, 5.74) is 0.630. The maximum absolute atomic E-state index is 13.3. The van der Waals surface area contributed by atoms with Crippen LogP contribution in [0.5, 0.6) is 0 Å². The normalized spacial score (nSPS) is 22.6. The zero-order chi connectivity index (χ0) is 32.2. The van der Waals surface area contributed by atoms with Gasteiger partial charge in [-0.25, -0.2) is 9.59 Å². The second-order valence-corrected chi connectivity index (χ2v) is 9.37. The first-order chi connectivity index (χ1) is 20.3. The Bertz CT molecular complexity index is 1140. The summed E-state index contributed by atoms with van der Waals surface area (Å²) in [4.78, 5) is 74.3. The van der Waals surface area contributed by atoms with E-state index in [1.807, 2.05) is 0 Å². The average molecular weight is 612 g/mol. The number of rotatable bonds is 13. The third-order valence-electron chi connectivity index (χ3n) is 6.00. The molecule has 6 atom stereocenters. The molecule has 43 heavy (non-hydrogen) atoms. The molecule has 0 saturated carbocycles. The first kappa shape index (κ1) is 35.0. The Hall–Kier alpha value is -4.24. The molecule has 0 bridgehead atoms. The van der Waals surface area contributed by atoms with Crippen molar-refractivity contribution >= 4 is 35.9 Å². The van der Waals surface area contributed by atoms with E-state index in [-0.39, 0.29) is 13.2 Å². The summed E-state index contributed by atoms with van der Waals surface area (Å²) < 4.78 is 43.6. The summed E-state index contributed by atoms with van der Waals surface area (Å²) in [6, 6.07) is 7.31. The second-order valence-electron chi connectivity index (χ2n) is 9.37. The van der Waals surface area contributed by atoms with Crippen molar-refractivity contribution in [3.05, 3.63) is 35.9 Å². The molecule has 1 aromatic rings. The fraction of sp³-hybridized carbons (Fsp3) is 0.571. The molecular formula is C28H37NO14. The van der Waals surface area contributed by atoms with Crippen molar-refractivity contribution in [2.75, 3.05) is 20.3 Å². The molecular weight excluding hydrogens is 574 g/mol. The molecule has 15 heteroatoms. The fourth-order valence-corrected chi connectivity index (χ4v) is 4.40. The van der Waals surface area contributed by atoms with Crippen molar-refractivity contribution in [1.29, 1.82) is 0 Å². The Morgan fingerprint density at radius 1 is 0.930 bits per heavy atom. The van der Waals surface area contributed by atoms with Crippen LogP contribution >= 0.6 is 0 Å². The molecule has 1 saturated heterocycles. The van der Waals surface area contributed by atoms with Crippen LogP contribution in [-0.2, 0) is 68.5 Å².